The van der Waals surface area contributed by atoms with Crippen LogP contribution >= 0.6 is 11.3 Å². The number of fused-ring (bicyclic) bond motifs is 1. The van der Waals surface area contributed by atoms with Gasteiger partial charge in [0.05, 0.1) is 16.8 Å². The fourth-order valence-corrected chi connectivity index (χ4v) is 3.27. The summed E-state index contributed by atoms with van der Waals surface area (Å²) in [4.78, 5) is 37.0. The van der Waals surface area contributed by atoms with Crippen LogP contribution in [0.2, 0.25) is 0 Å². The maximum Gasteiger partial charge on any atom is 0.332 e. The number of amides is 1. The third kappa shape index (κ3) is 2.25. The molecule has 3 aromatic rings. The zero-order valence-corrected chi connectivity index (χ0v) is 12.6. The summed E-state index contributed by atoms with van der Waals surface area (Å²) in [5.74, 6) is -0.609. The Morgan fingerprint density at radius 3 is 2.55 bits per heavy atom. The second kappa shape index (κ2) is 5.27. The number of hydrogen-bond donors (Lipinski definition) is 1. The number of aryl methyl sites for hydroxylation is 1. The van der Waals surface area contributed by atoms with E-state index in [0.29, 0.717) is 10.2 Å². The van der Waals surface area contributed by atoms with Gasteiger partial charge in [-0.3, -0.25) is 18.7 Å². The van der Waals surface area contributed by atoms with Gasteiger partial charge in [-0.25, -0.2) is 4.79 Å². The van der Waals surface area contributed by atoms with Gasteiger partial charge in [0.25, 0.3) is 11.5 Å². The van der Waals surface area contributed by atoms with Crippen LogP contribution in [0.25, 0.3) is 10.2 Å². The molecule has 0 aliphatic carbocycles. The lowest BCUT2D eigenvalue weighted by Gasteiger charge is -2.08. The smallest absolute Gasteiger partial charge is 0.332 e. The van der Waals surface area contributed by atoms with Crippen LogP contribution in [0.4, 0.5) is 0 Å². The maximum atomic E-state index is 12.5. The summed E-state index contributed by atoms with van der Waals surface area (Å²) in [6.45, 7) is 0.185. The highest BCUT2D eigenvalue weighted by molar-refractivity contribution is 7.20. The van der Waals surface area contributed by atoms with Crippen molar-refractivity contribution in [3.8, 4) is 0 Å². The first kappa shape index (κ1) is 14.3. The summed E-state index contributed by atoms with van der Waals surface area (Å²) in [5, 5.41) is 0.330. The average molecular weight is 315 g/mol. The van der Waals surface area contributed by atoms with Crippen molar-refractivity contribution in [3.63, 3.8) is 0 Å². The molecule has 2 N–H and O–H groups in total. The number of thiophene rings is 1. The molecule has 1 amide bonds. The molecule has 22 heavy (non-hydrogen) atoms. The minimum atomic E-state index is -0.609. The molecule has 0 unspecified atom stereocenters. The predicted molar refractivity (Wildman–Crippen MR) is 85.4 cm³/mol. The lowest BCUT2D eigenvalue weighted by atomic mass is 10.2. The summed E-state index contributed by atoms with van der Waals surface area (Å²) in [6, 6.07) is 10.7. The minimum absolute atomic E-state index is 0.185. The zero-order valence-electron chi connectivity index (χ0n) is 11.8. The normalized spacial score (nSPS) is 11.0. The Kier molecular flexibility index (Phi) is 3.42. The fourth-order valence-electron chi connectivity index (χ4n) is 2.31. The number of carbonyl (C=O) groups is 1. The molecule has 0 saturated carbocycles. The first-order valence-electron chi connectivity index (χ1n) is 6.56. The van der Waals surface area contributed by atoms with E-state index in [0.717, 1.165) is 21.5 Å². The van der Waals surface area contributed by atoms with Gasteiger partial charge >= 0.3 is 5.69 Å². The topological polar surface area (TPSA) is 87.1 Å². The van der Waals surface area contributed by atoms with Crippen molar-refractivity contribution < 1.29 is 4.79 Å². The van der Waals surface area contributed by atoms with Crippen LogP contribution in [-0.2, 0) is 13.6 Å². The van der Waals surface area contributed by atoms with Crippen LogP contribution in [-0.4, -0.2) is 15.0 Å². The Balaban J connectivity index is 2.25. The van der Waals surface area contributed by atoms with E-state index >= 15 is 0 Å². The molecule has 0 radical (unpaired) electrons. The van der Waals surface area contributed by atoms with Crippen LogP contribution in [0, 0.1) is 0 Å². The third-order valence-corrected chi connectivity index (χ3v) is 4.66. The number of primary amides is 1. The Bertz CT molecular complexity index is 983. The SMILES string of the molecule is Cn1c(=O)n(Cc2ccccc2)c(=O)c2cc(C(N)=O)sc21. The highest BCUT2D eigenvalue weighted by atomic mass is 32.1. The molecule has 0 spiro atoms. The highest BCUT2D eigenvalue weighted by Gasteiger charge is 2.16. The highest BCUT2D eigenvalue weighted by Crippen LogP contribution is 2.21. The van der Waals surface area contributed by atoms with Crippen molar-refractivity contribution in [1.82, 2.24) is 9.13 Å². The molecule has 0 saturated heterocycles. The Labute approximate surface area is 129 Å². The fraction of sp³-hybridized carbons (Fsp3) is 0.133. The molecular formula is C15H13N3O3S. The van der Waals surface area contributed by atoms with Gasteiger partial charge in [-0.15, -0.1) is 11.3 Å². The van der Waals surface area contributed by atoms with Crippen molar-refractivity contribution in [2.45, 2.75) is 6.54 Å². The molecule has 3 rings (SSSR count). The summed E-state index contributed by atoms with van der Waals surface area (Å²) in [5.41, 5.74) is 5.28. The van der Waals surface area contributed by atoms with E-state index < -0.39 is 17.2 Å². The van der Waals surface area contributed by atoms with Crippen LogP contribution in [0.3, 0.4) is 0 Å². The third-order valence-electron chi connectivity index (χ3n) is 3.44. The van der Waals surface area contributed by atoms with Crippen LogP contribution in [0.15, 0.2) is 46.0 Å². The van der Waals surface area contributed by atoms with E-state index in [9.17, 15) is 14.4 Å². The van der Waals surface area contributed by atoms with Crippen molar-refractivity contribution in [1.29, 1.82) is 0 Å². The van der Waals surface area contributed by atoms with Gasteiger partial charge in [0, 0.05) is 7.05 Å². The van der Waals surface area contributed by atoms with Gasteiger partial charge in [-0.1, -0.05) is 30.3 Å². The number of nitrogens with two attached hydrogens (primary N) is 1. The quantitative estimate of drug-likeness (QED) is 0.779. The van der Waals surface area contributed by atoms with E-state index in [1.165, 1.54) is 10.6 Å². The van der Waals surface area contributed by atoms with E-state index in [4.69, 9.17) is 5.73 Å². The summed E-state index contributed by atoms with van der Waals surface area (Å²) >= 11 is 1.05. The van der Waals surface area contributed by atoms with Gasteiger partial charge < -0.3 is 5.73 Å². The van der Waals surface area contributed by atoms with Gasteiger partial charge in [0.1, 0.15) is 4.83 Å². The molecule has 6 nitrogen and oxygen atoms in total. The molecular weight excluding hydrogens is 302 g/mol. The first-order valence-corrected chi connectivity index (χ1v) is 7.38. The lowest BCUT2D eigenvalue weighted by molar-refractivity contribution is 0.100. The Morgan fingerprint density at radius 1 is 1.23 bits per heavy atom. The van der Waals surface area contributed by atoms with E-state index in [1.54, 1.807) is 7.05 Å². The van der Waals surface area contributed by atoms with E-state index in [2.05, 4.69) is 0 Å². The van der Waals surface area contributed by atoms with E-state index in [1.807, 2.05) is 30.3 Å². The van der Waals surface area contributed by atoms with Crippen LogP contribution in [0.1, 0.15) is 15.2 Å². The minimum Gasteiger partial charge on any atom is -0.365 e. The van der Waals surface area contributed by atoms with Crippen LogP contribution < -0.4 is 17.0 Å². The summed E-state index contributed by atoms with van der Waals surface area (Å²) in [6.07, 6.45) is 0. The lowest BCUT2D eigenvalue weighted by Crippen LogP contribution is -2.38. The van der Waals surface area contributed by atoms with Crippen molar-refractivity contribution in [2.24, 2.45) is 12.8 Å². The van der Waals surface area contributed by atoms with Crippen LogP contribution in [0.5, 0.6) is 0 Å². The molecule has 0 bridgehead atoms. The molecule has 2 aromatic heterocycles. The number of rotatable bonds is 3. The molecule has 7 heteroatoms. The Morgan fingerprint density at radius 2 is 1.91 bits per heavy atom. The summed E-state index contributed by atoms with van der Waals surface area (Å²) < 4.78 is 2.53. The van der Waals surface area contributed by atoms with E-state index in [-0.39, 0.29) is 11.4 Å². The number of carbonyl (C=O) groups excluding carboxylic acids is 1. The zero-order chi connectivity index (χ0) is 15.9. The Hall–Kier alpha value is -2.67. The standard InChI is InChI=1S/C15H13N3O3S/c1-17-14-10(7-11(22-14)12(16)19)13(20)18(15(17)21)8-9-5-3-2-4-6-9/h2-7H,8H2,1H3,(H2,16,19). The van der Waals surface area contributed by atoms with Crippen molar-refractivity contribution >= 4 is 27.5 Å². The van der Waals surface area contributed by atoms with Gasteiger partial charge in [-0.2, -0.15) is 0 Å². The van der Waals surface area contributed by atoms with Crippen molar-refractivity contribution in [3.05, 3.63) is 67.7 Å². The molecule has 0 aliphatic heterocycles. The van der Waals surface area contributed by atoms with Crippen molar-refractivity contribution in [2.75, 3.05) is 0 Å². The predicted octanol–water partition coefficient (Wildman–Crippen LogP) is 0.909. The second-order valence-corrected chi connectivity index (χ2v) is 5.94. The average Bonchev–Trinajstić information content (AvgIpc) is 2.96. The largest absolute Gasteiger partial charge is 0.365 e. The monoisotopic (exact) mass is 315 g/mol. The molecule has 2 heterocycles. The number of benzene rings is 1. The molecule has 0 atom stereocenters. The number of nitrogens with zero attached hydrogens (tertiary/aromatic N) is 2. The molecule has 1 aromatic carbocycles. The number of hydrogen-bond acceptors (Lipinski definition) is 4. The molecule has 112 valence electrons. The van der Waals surface area contributed by atoms with Gasteiger partial charge in [-0.05, 0) is 11.6 Å². The second-order valence-electron chi connectivity index (χ2n) is 4.91. The summed E-state index contributed by atoms with van der Waals surface area (Å²) in [7, 11) is 1.58. The van der Waals surface area contributed by atoms with Gasteiger partial charge in [0.2, 0.25) is 0 Å². The number of aromatic nitrogens is 2. The first-order chi connectivity index (χ1) is 10.5. The molecule has 0 aliphatic rings. The van der Waals surface area contributed by atoms with Gasteiger partial charge in [0.15, 0.2) is 0 Å². The molecule has 0 fully saturated rings. The maximum absolute atomic E-state index is 12.5.